The van der Waals surface area contributed by atoms with Gasteiger partial charge in [0.2, 0.25) is 0 Å². The van der Waals surface area contributed by atoms with Crippen molar-refractivity contribution in [3.05, 3.63) is 45.9 Å². The maximum absolute atomic E-state index is 11.1. The smallest absolute Gasteiger partial charge is 0.286 e. The maximum atomic E-state index is 11.1. The van der Waals surface area contributed by atoms with Crippen molar-refractivity contribution in [3.8, 4) is 0 Å². The van der Waals surface area contributed by atoms with Crippen LogP contribution in [-0.2, 0) is 0 Å². The Kier molecular flexibility index (Phi) is 3.84. The first-order chi connectivity index (χ1) is 9.75. The van der Waals surface area contributed by atoms with E-state index < -0.39 is 0 Å². The molecule has 3 aliphatic heterocycles. The molecule has 0 amide bonds. The molecule has 1 saturated heterocycles. The molecule has 3 aliphatic rings. The van der Waals surface area contributed by atoms with E-state index in [2.05, 4.69) is 9.91 Å². The minimum absolute atomic E-state index is 0.257. The molecular weight excluding hydrogens is 256 g/mol. The first-order valence-electron chi connectivity index (χ1n) is 7.24. The number of hydrogen-bond donors (Lipinski definition) is 0. The summed E-state index contributed by atoms with van der Waals surface area (Å²) in [6.45, 7) is 4.52. The van der Waals surface area contributed by atoms with Gasteiger partial charge in [0.15, 0.2) is 0 Å². The number of allylic oxidation sites excluding steroid dienone is 3. The van der Waals surface area contributed by atoms with E-state index in [0.717, 1.165) is 26.2 Å². The van der Waals surface area contributed by atoms with Crippen molar-refractivity contribution >= 4 is 0 Å². The molecule has 0 atom stereocenters. The lowest BCUT2D eigenvalue weighted by Gasteiger charge is -2.32. The third kappa shape index (κ3) is 2.62. The summed E-state index contributed by atoms with van der Waals surface area (Å²) in [6, 6.07) is 0. The Bertz CT molecular complexity index is 478. The fraction of sp³-hybridized carbons (Fsp3) is 0.571. The average Bonchev–Trinajstić information content (AvgIpc) is 2.85. The third-order valence-electron chi connectivity index (χ3n) is 4.12. The Morgan fingerprint density at radius 3 is 2.70 bits per heavy atom. The van der Waals surface area contributed by atoms with Crippen LogP contribution >= 0.6 is 0 Å². The van der Waals surface area contributed by atoms with Crippen molar-refractivity contribution in [2.45, 2.75) is 19.3 Å². The van der Waals surface area contributed by atoms with E-state index in [0.29, 0.717) is 17.9 Å². The van der Waals surface area contributed by atoms with Gasteiger partial charge >= 0.3 is 0 Å². The summed E-state index contributed by atoms with van der Waals surface area (Å²) in [5.41, 5.74) is 1.00. The second-order valence-electron chi connectivity index (χ2n) is 5.42. The van der Waals surface area contributed by atoms with E-state index in [1.165, 1.54) is 19.3 Å². The lowest BCUT2D eigenvalue weighted by atomic mass is 10.1. The number of fused-ring (bicyclic) bond motifs is 1. The molecule has 0 saturated carbocycles. The van der Waals surface area contributed by atoms with Crippen LogP contribution in [0.2, 0.25) is 0 Å². The number of nitrogens with zero attached hydrogens (tertiary/aromatic N) is 4. The molecule has 6 nitrogen and oxygen atoms in total. The largest absolute Gasteiger partial charge is 0.302 e. The maximum Gasteiger partial charge on any atom is 0.286 e. The van der Waals surface area contributed by atoms with Crippen molar-refractivity contribution in [3.63, 3.8) is 0 Å². The molecule has 0 spiro atoms. The first kappa shape index (κ1) is 13.3. The minimum Gasteiger partial charge on any atom is -0.302 e. The van der Waals surface area contributed by atoms with E-state index >= 15 is 0 Å². The Morgan fingerprint density at radius 1 is 1.15 bits per heavy atom. The zero-order chi connectivity index (χ0) is 13.9. The van der Waals surface area contributed by atoms with E-state index in [1.807, 2.05) is 29.4 Å². The zero-order valence-corrected chi connectivity index (χ0v) is 11.6. The average molecular weight is 276 g/mol. The normalized spacial score (nSPS) is 23.5. The number of piperidine rings is 1. The van der Waals surface area contributed by atoms with Crippen LogP contribution < -0.4 is 0 Å². The van der Waals surface area contributed by atoms with Crippen molar-refractivity contribution in [2.24, 2.45) is 0 Å². The highest BCUT2D eigenvalue weighted by Crippen LogP contribution is 2.27. The van der Waals surface area contributed by atoms with Gasteiger partial charge in [0.05, 0.1) is 4.92 Å². The van der Waals surface area contributed by atoms with Crippen LogP contribution in [0.4, 0.5) is 0 Å². The van der Waals surface area contributed by atoms with E-state index in [9.17, 15) is 10.1 Å². The van der Waals surface area contributed by atoms with Gasteiger partial charge < -0.3 is 4.90 Å². The number of likely N-dealkylation sites (tertiary alicyclic amines) is 1. The highest BCUT2D eigenvalue weighted by atomic mass is 16.6. The number of rotatable bonds is 4. The van der Waals surface area contributed by atoms with Gasteiger partial charge in [-0.15, -0.1) is 0 Å². The molecule has 3 rings (SSSR count). The molecule has 0 N–H and O–H groups in total. The summed E-state index contributed by atoms with van der Waals surface area (Å²) >= 11 is 0. The molecule has 0 aliphatic carbocycles. The van der Waals surface area contributed by atoms with Gasteiger partial charge in [0, 0.05) is 19.3 Å². The van der Waals surface area contributed by atoms with Crippen LogP contribution in [0.25, 0.3) is 0 Å². The van der Waals surface area contributed by atoms with Crippen LogP contribution in [0.5, 0.6) is 0 Å². The predicted octanol–water partition coefficient (Wildman–Crippen LogP) is 1.58. The van der Waals surface area contributed by atoms with Gasteiger partial charge in [0.25, 0.3) is 5.70 Å². The predicted molar refractivity (Wildman–Crippen MR) is 76.0 cm³/mol. The first-order valence-corrected chi connectivity index (χ1v) is 7.24. The zero-order valence-electron chi connectivity index (χ0n) is 11.6. The highest BCUT2D eigenvalue weighted by molar-refractivity contribution is 5.32. The summed E-state index contributed by atoms with van der Waals surface area (Å²) in [4.78, 5) is 13.3. The highest BCUT2D eigenvalue weighted by Gasteiger charge is 2.35. The van der Waals surface area contributed by atoms with Crippen molar-refractivity contribution < 1.29 is 4.92 Å². The molecule has 108 valence electrons. The second-order valence-corrected chi connectivity index (χ2v) is 5.42. The molecule has 0 aromatic rings. The SMILES string of the molecule is O=[N+]([O-])C1=C2C=CC=CN2N(CCN2CCCCC2)C1. The molecule has 3 heterocycles. The molecular formula is C14H20N4O2. The molecule has 1 fully saturated rings. The quantitative estimate of drug-likeness (QED) is 0.576. The van der Waals surface area contributed by atoms with Crippen LogP contribution in [0, 0.1) is 10.1 Å². The number of hydrazine groups is 1. The lowest BCUT2D eigenvalue weighted by Crippen LogP contribution is -2.41. The molecule has 0 aromatic carbocycles. The number of hydrogen-bond acceptors (Lipinski definition) is 5. The van der Waals surface area contributed by atoms with Crippen molar-refractivity contribution in [1.82, 2.24) is 14.9 Å². The topological polar surface area (TPSA) is 52.9 Å². The Balaban J connectivity index is 1.63. The summed E-state index contributed by atoms with van der Waals surface area (Å²) < 4.78 is 0. The molecule has 0 unspecified atom stereocenters. The fourth-order valence-corrected chi connectivity index (χ4v) is 3.02. The van der Waals surface area contributed by atoms with Gasteiger partial charge in [-0.3, -0.25) is 15.1 Å². The summed E-state index contributed by atoms with van der Waals surface area (Å²) in [7, 11) is 0. The minimum atomic E-state index is -0.257. The molecule has 6 heteroatoms. The Labute approximate surface area is 118 Å². The molecule has 0 aromatic heterocycles. The van der Waals surface area contributed by atoms with Crippen molar-refractivity contribution in [1.29, 1.82) is 0 Å². The van der Waals surface area contributed by atoms with Gasteiger partial charge in [-0.1, -0.05) is 12.5 Å². The summed E-state index contributed by atoms with van der Waals surface area (Å²) in [5.74, 6) is 0. The van der Waals surface area contributed by atoms with Crippen LogP contribution in [0.1, 0.15) is 19.3 Å². The lowest BCUT2D eigenvalue weighted by molar-refractivity contribution is -0.426. The standard InChI is InChI=1S/C14H20N4O2/c19-18(20)14-12-16(17-9-5-2-6-13(14)17)11-10-15-7-3-1-4-8-15/h2,5-6,9H,1,3-4,7-8,10-12H2. The van der Waals surface area contributed by atoms with Crippen LogP contribution in [-0.4, -0.2) is 52.6 Å². The monoisotopic (exact) mass is 276 g/mol. The van der Waals surface area contributed by atoms with Gasteiger partial charge in [-0.05, 0) is 38.1 Å². The summed E-state index contributed by atoms with van der Waals surface area (Å²) in [6.07, 6.45) is 11.4. The molecule has 20 heavy (non-hydrogen) atoms. The van der Waals surface area contributed by atoms with Gasteiger partial charge in [-0.25, -0.2) is 5.01 Å². The van der Waals surface area contributed by atoms with Gasteiger partial charge in [0.1, 0.15) is 12.2 Å². The third-order valence-corrected chi connectivity index (χ3v) is 4.12. The van der Waals surface area contributed by atoms with Crippen LogP contribution in [0.15, 0.2) is 35.8 Å². The molecule has 0 bridgehead atoms. The van der Waals surface area contributed by atoms with E-state index in [-0.39, 0.29) is 4.92 Å². The Morgan fingerprint density at radius 2 is 1.95 bits per heavy atom. The Hall–Kier alpha value is -1.66. The van der Waals surface area contributed by atoms with Gasteiger partial charge in [-0.2, -0.15) is 0 Å². The van der Waals surface area contributed by atoms with Crippen LogP contribution in [0.3, 0.4) is 0 Å². The van der Waals surface area contributed by atoms with Crippen molar-refractivity contribution in [2.75, 3.05) is 32.7 Å². The second kappa shape index (κ2) is 5.76. The summed E-state index contributed by atoms with van der Waals surface area (Å²) in [5, 5.41) is 15.1. The number of nitro groups is 1. The fourth-order valence-electron chi connectivity index (χ4n) is 3.02. The van der Waals surface area contributed by atoms with E-state index in [1.54, 1.807) is 0 Å². The molecule has 0 radical (unpaired) electrons. The van der Waals surface area contributed by atoms with E-state index in [4.69, 9.17) is 0 Å².